The highest BCUT2D eigenvalue weighted by molar-refractivity contribution is 6.32. The molecule has 0 aromatic heterocycles. The molecule has 1 atom stereocenters. The Morgan fingerprint density at radius 2 is 1.89 bits per heavy atom. The molecule has 0 fully saturated rings. The zero-order valence-electron chi connectivity index (χ0n) is 10.8. The van der Waals surface area contributed by atoms with Crippen LogP contribution in [0.4, 0.5) is 4.39 Å². The molecule has 1 N–H and O–H groups in total. The SMILES string of the molecule is CNC(C)c1ccc(Oc2ccccc2F)c(Cl)c1. The second-order valence-corrected chi connectivity index (χ2v) is 4.64. The van der Waals surface area contributed by atoms with Crippen molar-refractivity contribution < 1.29 is 9.13 Å². The topological polar surface area (TPSA) is 21.3 Å². The lowest BCUT2D eigenvalue weighted by atomic mass is 10.1. The predicted molar refractivity (Wildman–Crippen MR) is 75.4 cm³/mol. The third-order valence-electron chi connectivity index (χ3n) is 2.95. The summed E-state index contributed by atoms with van der Waals surface area (Å²) in [7, 11) is 1.88. The van der Waals surface area contributed by atoms with Crippen LogP contribution >= 0.6 is 11.6 Å². The van der Waals surface area contributed by atoms with E-state index in [1.54, 1.807) is 24.3 Å². The standard InChI is InChI=1S/C15H15ClFNO/c1-10(18-2)11-7-8-14(12(16)9-11)19-15-6-4-3-5-13(15)17/h3-10,18H,1-2H3. The molecule has 2 aromatic carbocycles. The first-order chi connectivity index (χ1) is 9.11. The molecule has 19 heavy (non-hydrogen) atoms. The highest BCUT2D eigenvalue weighted by atomic mass is 35.5. The Kier molecular flexibility index (Phi) is 4.40. The predicted octanol–water partition coefficient (Wildman–Crippen LogP) is 4.55. The van der Waals surface area contributed by atoms with Gasteiger partial charge in [0.2, 0.25) is 0 Å². The van der Waals surface area contributed by atoms with Gasteiger partial charge in [0.25, 0.3) is 0 Å². The molecule has 2 rings (SSSR count). The van der Waals surface area contributed by atoms with Gasteiger partial charge in [-0.05, 0) is 43.8 Å². The van der Waals surface area contributed by atoms with Crippen molar-refractivity contribution in [3.05, 3.63) is 58.9 Å². The van der Waals surface area contributed by atoms with Gasteiger partial charge in [-0.1, -0.05) is 29.8 Å². The molecule has 0 saturated carbocycles. The van der Waals surface area contributed by atoms with E-state index < -0.39 is 5.82 Å². The fourth-order valence-corrected chi connectivity index (χ4v) is 1.91. The number of ether oxygens (including phenoxy) is 1. The Bertz CT molecular complexity index is 574. The molecule has 0 aliphatic rings. The number of hydrogen-bond donors (Lipinski definition) is 1. The van der Waals surface area contributed by atoms with Crippen molar-refractivity contribution in [1.29, 1.82) is 0 Å². The zero-order chi connectivity index (χ0) is 13.8. The summed E-state index contributed by atoms with van der Waals surface area (Å²) >= 11 is 6.16. The molecular formula is C15H15ClFNO. The van der Waals surface area contributed by atoms with E-state index >= 15 is 0 Å². The maximum absolute atomic E-state index is 13.5. The van der Waals surface area contributed by atoms with Crippen LogP contribution in [0.1, 0.15) is 18.5 Å². The molecular weight excluding hydrogens is 265 g/mol. The number of nitrogens with one attached hydrogen (secondary N) is 1. The normalized spacial score (nSPS) is 12.2. The molecule has 0 bridgehead atoms. The van der Waals surface area contributed by atoms with Crippen molar-refractivity contribution in [2.45, 2.75) is 13.0 Å². The van der Waals surface area contributed by atoms with Gasteiger partial charge in [0, 0.05) is 6.04 Å². The minimum absolute atomic E-state index is 0.166. The molecule has 100 valence electrons. The zero-order valence-corrected chi connectivity index (χ0v) is 11.5. The van der Waals surface area contributed by atoms with Crippen molar-refractivity contribution in [2.75, 3.05) is 7.05 Å². The van der Waals surface area contributed by atoms with Crippen molar-refractivity contribution in [2.24, 2.45) is 0 Å². The second-order valence-electron chi connectivity index (χ2n) is 4.23. The van der Waals surface area contributed by atoms with Gasteiger partial charge in [0.05, 0.1) is 5.02 Å². The van der Waals surface area contributed by atoms with Crippen LogP contribution in [0.5, 0.6) is 11.5 Å². The minimum Gasteiger partial charge on any atom is -0.453 e. The maximum Gasteiger partial charge on any atom is 0.165 e. The summed E-state index contributed by atoms with van der Waals surface area (Å²) in [5.41, 5.74) is 1.05. The number of rotatable bonds is 4. The number of halogens is 2. The number of hydrogen-bond acceptors (Lipinski definition) is 2. The van der Waals surface area contributed by atoms with Crippen molar-refractivity contribution in [3.63, 3.8) is 0 Å². The molecule has 0 radical (unpaired) electrons. The average Bonchev–Trinajstić information content (AvgIpc) is 2.42. The summed E-state index contributed by atoms with van der Waals surface area (Å²) in [5.74, 6) is 0.198. The first kappa shape index (κ1) is 13.8. The molecule has 0 saturated heterocycles. The van der Waals surface area contributed by atoms with E-state index in [4.69, 9.17) is 16.3 Å². The van der Waals surface area contributed by atoms with E-state index in [2.05, 4.69) is 5.32 Å². The summed E-state index contributed by atoms with van der Waals surface area (Å²) in [5, 5.41) is 3.59. The van der Waals surface area contributed by atoms with Crippen LogP contribution in [0.15, 0.2) is 42.5 Å². The van der Waals surface area contributed by atoms with Crippen LogP contribution in [-0.4, -0.2) is 7.05 Å². The highest BCUT2D eigenvalue weighted by Gasteiger charge is 2.10. The highest BCUT2D eigenvalue weighted by Crippen LogP contribution is 2.32. The van der Waals surface area contributed by atoms with Gasteiger partial charge >= 0.3 is 0 Å². The largest absolute Gasteiger partial charge is 0.453 e. The maximum atomic E-state index is 13.5. The van der Waals surface area contributed by atoms with Crippen LogP contribution in [0.2, 0.25) is 5.02 Å². The lowest BCUT2D eigenvalue weighted by Crippen LogP contribution is -2.12. The first-order valence-corrected chi connectivity index (χ1v) is 6.38. The van der Waals surface area contributed by atoms with Gasteiger partial charge < -0.3 is 10.1 Å². The van der Waals surface area contributed by atoms with Gasteiger partial charge in [-0.25, -0.2) is 4.39 Å². The van der Waals surface area contributed by atoms with Crippen molar-refractivity contribution in [1.82, 2.24) is 5.32 Å². The first-order valence-electron chi connectivity index (χ1n) is 6.01. The second kappa shape index (κ2) is 6.04. The van der Waals surface area contributed by atoms with Crippen LogP contribution in [0, 0.1) is 5.82 Å². The summed E-state index contributed by atoms with van der Waals surface area (Å²) in [6.45, 7) is 2.03. The molecule has 2 aromatic rings. The van der Waals surface area contributed by atoms with Gasteiger partial charge in [0.1, 0.15) is 5.75 Å². The number of benzene rings is 2. The Morgan fingerprint density at radius 1 is 1.16 bits per heavy atom. The molecule has 0 aliphatic carbocycles. The van der Waals surface area contributed by atoms with Gasteiger partial charge in [-0.2, -0.15) is 0 Å². The molecule has 0 heterocycles. The fraction of sp³-hybridized carbons (Fsp3) is 0.200. The summed E-state index contributed by atoms with van der Waals surface area (Å²) in [6.07, 6.45) is 0. The Morgan fingerprint density at radius 3 is 2.53 bits per heavy atom. The lowest BCUT2D eigenvalue weighted by Gasteiger charge is -2.13. The molecule has 4 heteroatoms. The van der Waals surface area contributed by atoms with E-state index in [9.17, 15) is 4.39 Å². The van der Waals surface area contributed by atoms with Gasteiger partial charge in [0.15, 0.2) is 11.6 Å². The van der Waals surface area contributed by atoms with Gasteiger partial charge in [-0.15, -0.1) is 0 Å². The lowest BCUT2D eigenvalue weighted by molar-refractivity contribution is 0.442. The summed E-state index contributed by atoms with van der Waals surface area (Å²) < 4.78 is 19.0. The van der Waals surface area contributed by atoms with E-state index in [1.807, 2.05) is 26.1 Å². The summed E-state index contributed by atoms with van der Waals surface area (Å²) in [4.78, 5) is 0. The molecule has 0 aliphatic heterocycles. The molecule has 1 unspecified atom stereocenters. The van der Waals surface area contributed by atoms with Crippen LogP contribution in [0.3, 0.4) is 0 Å². The van der Waals surface area contributed by atoms with E-state index in [-0.39, 0.29) is 11.8 Å². The third-order valence-corrected chi connectivity index (χ3v) is 3.24. The van der Waals surface area contributed by atoms with Crippen molar-refractivity contribution >= 4 is 11.6 Å². The van der Waals surface area contributed by atoms with Crippen LogP contribution in [-0.2, 0) is 0 Å². The fourth-order valence-electron chi connectivity index (χ4n) is 1.68. The monoisotopic (exact) mass is 279 g/mol. The van der Waals surface area contributed by atoms with Crippen molar-refractivity contribution in [3.8, 4) is 11.5 Å². The Hall–Kier alpha value is -1.58. The quantitative estimate of drug-likeness (QED) is 0.886. The number of para-hydroxylation sites is 1. The third kappa shape index (κ3) is 3.25. The van der Waals surface area contributed by atoms with E-state index in [0.29, 0.717) is 10.8 Å². The Labute approximate surface area is 117 Å². The van der Waals surface area contributed by atoms with Gasteiger partial charge in [-0.3, -0.25) is 0 Å². The Balaban J connectivity index is 2.25. The summed E-state index contributed by atoms with van der Waals surface area (Å²) in [6, 6.07) is 11.9. The minimum atomic E-state index is -0.411. The molecule has 0 spiro atoms. The van der Waals surface area contributed by atoms with E-state index in [1.165, 1.54) is 6.07 Å². The average molecular weight is 280 g/mol. The smallest absolute Gasteiger partial charge is 0.165 e. The van der Waals surface area contributed by atoms with E-state index in [0.717, 1.165) is 5.56 Å². The van der Waals surface area contributed by atoms with Crippen LogP contribution in [0.25, 0.3) is 0 Å². The van der Waals surface area contributed by atoms with Crippen LogP contribution < -0.4 is 10.1 Å². The molecule has 2 nitrogen and oxygen atoms in total. The molecule has 0 amide bonds.